The summed E-state index contributed by atoms with van der Waals surface area (Å²) in [5.41, 5.74) is 3.22. The van der Waals surface area contributed by atoms with Crippen LogP contribution in [0.3, 0.4) is 0 Å². The number of hydrogen-bond donors (Lipinski definition) is 0. The molecule has 7 nitrogen and oxygen atoms in total. The van der Waals surface area contributed by atoms with Crippen LogP contribution in [0.1, 0.15) is 5.56 Å². The Bertz CT molecular complexity index is 1210. The molecular formula is C27H27N5O2. The minimum atomic E-state index is -0.248. The highest BCUT2D eigenvalue weighted by Crippen LogP contribution is 2.28. The zero-order valence-corrected chi connectivity index (χ0v) is 19.2. The number of likely N-dealkylation sites (N-methyl/N-ethyl adjacent to an activating group) is 1. The van der Waals surface area contributed by atoms with Crippen LogP contribution in [0.4, 0.5) is 0 Å². The molecule has 2 heterocycles. The maximum atomic E-state index is 13.1. The molecule has 1 aliphatic heterocycles. The first-order valence-electron chi connectivity index (χ1n) is 11.2. The first-order chi connectivity index (χ1) is 16.6. The Kier molecular flexibility index (Phi) is 7.21. The van der Waals surface area contributed by atoms with Gasteiger partial charge in [-0.3, -0.25) is 4.79 Å². The van der Waals surface area contributed by atoms with E-state index in [1.165, 1.54) is 0 Å². The molecule has 34 heavy (non-hydrogen) atoms. The summed E-state index contributed by atoms with van der Waals surface area (Å²) in [5.74, 6) is 0.480. The number of nitriles is 1. The zero-order valence-electron chi connectivity index (χ0n) is 19.2. The van der Waals surface area contributed by atoms with Crippen LogP contribution < -0.4 is 4.74 Å². The van der Waals surface area contributed by atoms with E-state index in [0.29, 0.717) is 31.0 Å². The van der Waals surface area contributed by atoms with Crippen LogP contribution >= 0.6 is 0 Å². The van der Waals surface area contributed by atoms with Crippen molar-refractivity contribution in [3.8, 4) is 28.8 Å². The van der Waals surface area contributed by atoms with Crippen molar-refractivity contribution in [3.05, 3.63) is 84.6 Å². The van der Waals surface area contributed by atoms with Gasteiger partial charge in [-0.25, -0.2) is 4.68 Å². The smallest absolute Gasteiger partial charge is 0.264 e. The molecule has 0 N–H and O–H groups in total. The van der Waals surface area contributed by atoms with Crippen molar-refractivity contribution in [2.75, 3.05) is 39.8 Å². The second-order valence-electron chi connectivity index (χ2n) is 8.10. The van der Waals surface area contributed by atoms with Crippen molar-refractivity contribution in [2.24, 2.45) is 0 Å². The SMILES string of the molecule is C=CCOc1ccc(-c2nn(-c3ccccc3)cc2C=C(C#N)C(=O)N2CCN(C)CC2)cc1. The fourth-order valence-electron chi connectivity index (χ4n) is 3.77. The molecule has 0 radical (unpaired) electrons. The fraction of sp³-hybridized carbons (Fsp3) is 0.222. The molecule has 1 saturated heterocycles. The van der Waals surface area contributed by atoms with Crippen LogP contribution in [0.25, 0.3) is 23.0 Å². The normalized spacial score (nSPS) is 14.5. The lowest BCUT2D eigenvalue weighted by Gasteiger charge is -2.32. The summed E-state index contributed by atoms with van der Waals surface area (Å²) in [6.45, 7) is 6.90. The van der Waals surface area contributed by atoms with Crippen LogP contribution in [0.2, 0.25) is 0 Å². The van der Waals surface area contributed by atoms with Crippen LogP contribution in [-0.2, 0) is 4.79 Å². The summed E-state index contributed by atoms with van der Waals surface area (Å²) in [4.78, 5) is 17.0. The lowest BCUT2D eigenvalue weighted by Crippen LogP contribution is -2.47. The van der Waals surface area contributed by atoms with Gasteiger partial charge in [-0.2, -0.15) is 10.4 Å². The third-order valence-electron chi connectivity index (χ3n) is 5.70. The number of nitrogens with zero attached hydrogens (tertiary/aromatic N) is 5. The predicted molar refractivity (Wildman–Crippen MR) is 132 cm³/mol. The Balaban J connectivity index is 1.71. The summed E-state index contributed by atoms with van der Waals surface area (Å²) in [6, 6.07) is 19.4. The zero-order chi connectivity index (χ0) is 23.9. The van der Waals surface area contributed by atoms with E-state index in [4.69, 9.17) is 9.84 Å². The number of amides is 1. The van der Waals surface area contributed by atoms with Gasteiger partial charge in [0.05, 0.1) is 11.4 Å². The molecule has 172 valence electrons. The highest BCUT2D eigenvalue weighted by atomic mass is 16.5. The topological polar surface area (TPSA) is 74.4 Å². The van der Waals surface area contributed by atoms with Gasteiger partial charge in [-0.1, -0.05) is 30.9 Å². The van der Waals surface area contributed by atoms with Crippen LogP contribution in [0, 0.1) is 11.3 Å². The van der Waals surface area contributed by atoms with Gasteiger partial charge in [0.2, 0.25) is 0 Å². The summed E-state index contributed by atoms with van der Waals surface area (Å²) in [5, 5.41) is 14.6. The highest BCUT2D eigenvalue weighted by molar-refractivity contribution is 6.02. The summed E-state index contributed by atoms with van der Waals surface area (Å²) in [7, 11) is 2.03. The highest BCUT2D eigenvalue weighted by Gasteiger charge is 2.23. The fourth-order valence-corrected chi connectivity index (χ4v) is 3.77. The number of ether oxygens (including phenoxy) is 1. The lowest BCUT2D eigenvalue weighted by atomic mass is 10.1. The standard InChI is InChI=1S/C27H27N5O2/c1-3-17-34-25-11-9-21(10-12-25)26-23(20-32(29-26)24-7-5-4-6-8-24)18-22(19-28)27(33)31-15-13-30(2)14-16-31/h3-12,18,20H,1,13-17H2,2H3. The number of piperazine rings is 1. The van der Waals surface area contributed by atoms with E-state index in [1.54, 1.807) is 21.7 Å². The van der Waals surface area contributed by atoms with Crippen molar-refractivity contribution in [1.29, 1.82) is 5.26 Å². The second kappa shape index (κ2) is 10.6. The lowest BCUT2D eigenvalue weighted by molar-refractivity contribution is -0.128. The Hall–Kier alpha value is -4.15. The largest absolute Gasteiger partial charge is 0.490 e. The molecule has 0 aliphatic carbocycles. The van der Waals surface area contributed by atoms with E-state index in [9.17, 15) is 10.1 Å². The molecular weight excluding hydrogens is 426 g/mol. The van der Waals surface area contributed by atoms with Gasteiger partial charge < -0.3 is 14.5 Å². The van der Waals surface area contributed by atoms with Crippen molar-refractivity contribution in [1.82, 2.24) is 19.6 Å². The van der Waals surface area contributed by atoms with Gasteiger partial charge in [0.25, 0.3) is 5.91 Å². The first-order valence-corrected chi connectivity index (χ1v) is 11.2. The Morgan fingerprint density at radius 2 is 1.82 bits per heavy atom. The number of para-hydroxylation sites is 1. The minimum Gasteiger partial charge on any atom is -0.490 e. The van der Waals surface area contributed by atoms with E-state index in [1.807, 2.05) is 67.8 Å². The molecule has 1 amide bonds. The first kappa shape index (κ1) is 23.0. The van der Waals surface area contributed by atoms with Crippen LogP contribution in [0.15, 0.2) is 79.0 Å². The average molecular weight is 454 g/mol. The van der Waals surface area contributed by atoms with Crippen molar-refractivity contribution >= 4 is 12.0 Å². The minimum absolute atomic E-state index is 0.101. The monoisotopic (exact) mass is 453 g/mol. The third-order valence-corrected chi connectivity index (χ3v) is 5.70. The Morgan fingerprint density at radius 1 is 1.12 bits per heavy atom. The van der Waals surface area contributed by atoms with Gasteiger partial charge in [0, 0.05) is 43.5 Å². The van der Waals surface area contributed by atoms with E-state index in [-0.39, 0.29) is 11.5 Å². The predicted octanol–water partition coefficient (Wildman–Crippen LogP) is 3.79. The molecule has 0 atom stereocenters. The molecule has 0 saturated carbocycles. The molecule has 2 aromatic carbocycles. The molecule has 0 spiro atoms. The summed E-state index contributed by atoms with van der Waals surface area (Å²) >= 11 is 0. The van der Waals surface area contributed by atoms with Gasteiger partial charge in [-0.05, 0) is 49.5 Å². The van der Waals surface area contributed by atoms with E-state index < -0.39 is 0 Å². The van der Waals surface area contributed by atoms with Gasteiger partial charge in [0.15, 0.2) is 0 Å². The molecule has 3 aromatic rings. The number of aromatic nitrogens is 2. The van der Waals surface area contributed by atoms with Crippen LogP contribution in [-0.4, -0.2) is 65.3 Å². The van der Waals surface area contributed by atoms with Crippen molar-refractivity contribution in [2.45, 2.75) is 0 Å². The average Bonchev–Trinajstić information content (AvgIpc) is 3.31. The summed E-state index contributed by atoms with van der Waals surface area (Å²) < 4.78 is 7.35. The maximum Gasteiger partial charge on any atom is 0.264 e. The number of carbonyl (C=O) groups is 1. The van der Waals surface area contributed by atoms with Gasteiger partial charge in [0.1, 0.15) is 24.0 Å². The molecule has 1 fully saturated rings. The summed E-state index contributed by atoms with van der Waals surface area (Å²) in [6.07, 6.45) is 5.19. The Morgan fingerprint density at radius 3 is 2.47 bits per heavy atom. The quantitative estimate of drug-likeness (QED) is 0.309. The molecule has 0 unspecified atom stereocenters. The van der Waals surface area contributed by atoms with Gasteiger partial charge in [-0.15, -0.1) is 0 Å². The molecule has 1 aliphatic rings. The molecule has 4 rings (SSSR count). The van der Waals surface area contributed by atoms with Crippen molar-refractivity contribution < 1.29 is 9.53 Å². The number of rotatable bonds is 7. The third kappa shape index (κ3) is 5.25. The van der Waals surface area contributed by atoms with Crippen LogP contribution in [0.5, 0.6) is 5.75 Å². The molecule has 0 bridgehead atoms. The second-order valence-corrected chi connectivity index (χ2v) is 8.10. The van der Waals surface area contributed by atoms with E-state index in [2.05, 4.69) is 17.5 Å². The maximum absolute atomic E-state index is 13.1. The molecule has 1 aromatic heterocycles. The van der Waals surface area contributed by atoms with Gasteiger partial charge >= 0.3 is 0 Å². The van der Waals surface area contributed by atoms with E-state index >= 15 is 0 Å². The molecule has 7 heteroatoms. The number of carbonyl (C=O) groups excluding carboxylic acids is 1. The van der Waals surface area contributed by atoms with Crippen molar-refractivity contribution in [3.63, 3.8) is 0 Å². The number of hydrogen-bond acceptors (Lipinski definition) is 5. The Labute approximate surface area is 199 Å². The van der Waals surface area contributed by atoms with E-state index in [0.717, 1.165) is 30.1 Å². The number of benzene rings is 2.